The first-order chi connectivity index (χ1) is 9.20. The van der Waals surface area contributed by atoms with Crippen molar-refractivity contribution in [2.45, 2.75) is 24.6 Å². The number of anilines is 1. The molecule has 0 aliphatic carbocycles. The highest BCUT2D eigenvalue weighted by atomic mass is 35.5. The third-order valence-electron chi connectivity index (χ3n) is 2.67. The van der Waals surface area contributed by atoms with Crippen molar-refractivity contribution in [2.24, 2.45) is 0 Å². The van der Waals surface area contributed by atoms with Gasteiger partial charge in [0.1, 0.15) is 17.2 Å². The van der Waals surface area contributed by atoms with Crippen molar-refractivity contribution < 1.29 is 0 Å². The molecule has 5 heteroatoms. The van der Waals surface area contributed by atoms with Crippen LogP contribution in [0.3, 0.4) is 0 Å². The maximum absolute atomic E-state index is 5.87. The van der Waals surface area contributed by atoms with E-state index in [0.717, 1.165) is 33.7 Å². The van der Waals surface area contributed by atoms with Crippen LogP contribution in [0.15, 0.2) is 35.6 Å². The Morgan fingerprint density at radius 3 is 2.63 bits per heavy atom. The lowest BCUT2D eigenvalue weighted by atomic mass is 10.2. The standard InChI is InChI=1S/C14H16ClN3S/c1-3-16-13-10(2)14(18-9-17-13)19-8-11-4-6-12(15)7-5-11/h4-7,9H,3,8H2,1-2H3,(H,16,17,18). The second-order valence-corrected chi connectivity index (χ2v) is 5.50. The Bertz CT molecular complexity index is 543. The van der Waals surface area contributed by atoms with Crippen LogP contribution in [0.1, 0.15) is 18.1 Å². The normalized spacial score (nSPS) is 10.5. The van der Waals surface area contributed by atoms with Gasteiger partial charge in [-0.3, -0.25) is 0 Å². The zero-order valence-electron chi connectivity index (χ0n) is 11.0. The predicted molar refractivity (Wildman–Crippen MR) is 81.9 cm³/mol. The van der Waals surface area contributed by atoms with Crippen molar-refractivity contribution in [2.75, 3.05) is 11.9 Å². The molecule has 0 saturated heterocycles. The van der Waals surface area contributed by atoms with E-state index in [1.165, 1.54) is 5.56 Å². The maximum Gasteiger partial charge on any atom is 0.133 e. The Morgan fingerprint density at radius 2 is 1.95 bits per heavy atom. The van der Waals surface area contributed by atoms with Crippen molar-refractivity contribution in [1.82, 2.24) is 9.97 Å². The molecule has 1 N–H and O–H groups in total. The fraction of sp³-hybridized carbons (Fsp3) is 0.286. The van der Waals surface area contributed by atoms with Gasteiger partial charge in [0.15, 0.2) is 0 Å². The summed E-state index contributed by atoms with van der Waals surface area (Å²) in [5, 5.41) is 5.02. The molecule has 2 aromatic rings. The Morgan fingerprint density at radius 1 is 1.21 bits per heavy atom. The first-order valence-corrected chi connectivity index (χ1v) is 7.49. The van der Waals surface area contributed by atoms with Gasteiger partial charge in [0.25, 0.3) is 0 Å². The van der Waals surface area contributed by atoms with Crippen LogP contribution in [0.5, 0.6) is 0 Å². The molecule has 0 aliphatic rings. The quantitative estimate of drug-likeness (QED) is 0.663. The molecule has 0 fully saturated rings. The van der Waals surface area contributed by atoms with E-state index in [2.05, 4.69) is 22.2 Å². The van der Waals surface area contributed by atoms with E-state index in [-0.39, 0.29) is 0 Å². The topological polar surface area (TPSA) is 37.8 Å². The van der Waals surface area contributed by atoms with Crippen LogP contribution in [0.25, 0.3) is 0 Å². The zero-order chi connectivity index (χ0) is 13.7. The summed E-state index contributed by atoms with van der Waals surface area (Å²) >= 11 is 7.59. The summed E-state index contributed by atoms with van der Waals surface area (Å²) in [5.41, 5.74) is 2.33. The van der Waals surface area contributed by atoms with Gasteiger partial charge < -0.3 is 5.32 Å². The molecule has 0 bridgehead atoms. The van der Waals surface area contributed by atoms with Crippen molar-refractivity contribution in [3.63, 3.8) is 0 Å². The number of aromatic nitrogens is 2. The predicted octanol–water partition coefficient (Wildman–Crippen LogP) is 4.16. The molecule has 0 saturated carbocycles. The summed E-state index contributed by atoms with van der Waals surface area (Å²) in [4.78, 5) is 8.58. The minimum absolute atomic E-state index is 0.765. The smallest absolute Gasteiger partial charge is 0.133 e. The second-order valence-electron chi connectivity index (χ2n) is 4.10. The van der Waals surface area contributed by atoms with Crippen molar-refractivity contribution in [3.05, 3.63) is 46.7 Å². The van der Waals surface area contributed by atoms with Crippen molar-refractivity contribution in [3.8, 4) is 0 Å². The molecule has 2 rings (SSSR count). The van der Waals surface area contributed by atoms with E-state index in [9.17, 15) is 0 Å². The molecule has 0 amide bonds. The van der Waals surface area contributed by atoms with Gasteiger partial charge in [0, 0.05) is 22.9 Å². The highest BCUT2D eigenvalue weighted by Gasteiger charge is 2.07. The Balaban J connectivity index is 2.07. The Kier molecular flexibility index (Phi) is 5.05. The van der Waals surface area contributed by atoms with Gasteiger partial charge in [0.05, 0.1) is 0 Å². The number of benzene rings is 1. The van der Waals surface area contributed by atoms with Crippen LogP contribution in [-0.2, 0) is 5.75 Å². The fourth-order valence-electron chi connectivity index (χ4n) is 1.66. The summed E-state index contributed by atoms with van der Waals surface area (Å²) in [7, 11) is 0. The van der Waals surface area contributed by atoms with E-state index in [4.69, 9.17) is 11.6 Å². The Hall–Kier alpha value is -1.26. The molecule has 1 heterocycles. The molecule has 0 unspecified atom stereocenters. The van der Waals surface area contributed by atoms with Crippen LogP contribution in [0.2, 0.25) is 5.02 Å². The largest absolute Gasteiger partial charge is 0.370 e. The maximum atomic E-state index is 5.87. The summed E-state index contributed by atoms with van der Waals surface area (Å²) in [5.74, 6) is 1.79. The van der Waals surface area contributed by atoms with E-state index in [1.807, 2.05) is 31.2 Å². The zero-order valence-corrected chi connectivity index (χ0v) is 12.6. The van der Waals surface area contributed by atoms with E-state index < -0.39 is 0 Å². The Labute approximate surface area is 122 Å². The average Bonchev–Trinajstić information content (AvgIpc) is 2.42. The molecule has 1 aromatic carbocycles. The minimum Gasteiger partial charge on any atom is -0.370 e. The van der Waals surface area contributed by atoms with E-state index in [0.29, 0.717) is 0 Å². The SMILES string of the molecule is CCNc1ncnc(SCc2ccc(Cl)cc2)c1C. The summed E-state index contributed by atoms with van der Waals surface area (Å²) in [6, 6.07) is 7.90. The fourth-order valence-corrected chi connectivity index (χ4v) is 2.71. The van der Waals surface area contributed by atoms with Crippen molar-refractivity contribution in [1.29, 1.82) is 0 Å². The number of halogens is 1. The van der Waals surface area contributed by atoms with Gasteiger partial charge in [-0.05, 0) is 31.5 Å². The molecule has 1 aromatic heterocycles. The third-order valence-corrected chi connectivity index (χ3v) is 4.09. The molecule has 0 spiro atoms. The molecule has 0 radical (unpaired) electrons. The highest BCUT2D eigenvalue weighted by Crippen LogP contribution is 2.27. The second kappa shape index (κ2) is 6.78. The minimum atomic E-state index is 0.765. The molecule has 0 aliphatic heterocycles. The number of thioether (sulfide) groups is 1. The monoisotopic (exact) mass is 293 g/mol. The number of nitrogens with one attached hydrogen (secondary N) is 1. The van der Waals surface area contributed by atoms with Gasteiger partial charge in [-0.15, -0.1) is 11.8 Å². The van der Waals surface area contributed by atoms with Crippen LogP contribution >= 0.6 is 23.4 Å². The van der Waals surface area contributed by atoms with Gasteiger partial charge in [-0.2, -0.15) is 0 Å². The lowest BCUT2D eigenvalue weighted by Crippen LogP contribution is -2.03. The summed E-state index contributed by atoms with van der Waals surface area (Å²) in [6.07, 6.45) is 1.61. The first kappa shape index (κ1) is 14.2. The number of nitrogens with zero attached hydrogens (tertiary/aromatic N) is 2. The number of hydrogen-bond acceptors (Lipinski definition) is 4. The van der Waals surface area contributed by atoms with Crippen LogP contribution in [0.4, 0.5) is 5.82 Å². The molecule has 19 heavy (non-hydrogen) atoms. The molecular weight excluding hydrogens is 278 g/mol. The molecule has 0 atom stereocenters. The summed E-state index contributed by atoms with van der Waals surface area (Å²) in [6.45, 7) is 4.96. The third kappa shape index (κ3) is 3.85. The van der Waals surface area contributed by atoms with Gasteiger partial charge in [0.2, 0.25) is 0 Å². The van der Waals surface area contributed by atoms with E-state index >= 15 is 0 Å². The van der Waals surface area contributed by atoms with Crippen molar-refractivity contribution >= 4 is 29.2 Å². The molecule has 100 valence electrons. The summed E-state index contributed by atoms with van der Waals surface area (Å²) < 4.78 is 0. The van der Waals surface area contributed by atoms with Gasteiger partial charge in [-0.25, -0.2) is 9.97 Å². The van der Waals surface area contributed by atoms with Gasteiger partial charge in [-0.1, -0.05) is 23.7 Å². The van der Waals surface area contributed by atoms with Gasteiger partial charge >= 0.3 is 0 Å². The van der Waals surface area contributed by atoms with Crippen LogP contribution in [0, 0.1) is 6.92 Å². The van der Waals surface area contributed by atoms with Crippen LogP contribution in [-0.4, -0.2) is 16.5 Å². The highest BCUT2D eigenvalue weighted by molar-refractivity contribution is 7.98. The molecular formula is C14H16ClN3S. The lowest BCUT2D eigenvalue weighted by molar-refractivity contribution is 0.990. The number of rotatable bonds is 5. The van der Waals surface area contributed by atoms with E-state index in [1.54, 1.807) is 18.1 Å². The molecule has 3 nitrogen and oxygen atoms in total. The average molecular weight is 294 g/mol. The lowest BCUT2D eigenvalue weighted by Gasteiger charge is -2.09. The first-order valence-electron chi connectivity index (χ1n) is 6.13. The van der Waals surface area contributed by atoms with Crippen LogP contribution < -0.4 is 5.32 Å². The number of hydrogen-bond donors (Lipinski definition) is 1.